The van der Waals surface area contributed by atoms with Crippen LogP contribution in [0, 0.1) is 11.8 Å². The Bertz CT molecular complexity index is 1000. The highest BCUT2D eigenvalue weighted by Gasteiger charge is 2.38. The summed E-state index contributed by atoms with van der Waals surface area (Å²) >= 11 is 0. The predicted molar refractivity (Wildman–Crippen MR) is 130 cm³/mol. The number of allylic oxidation sites excluding steroid dienone is 1. The van der Waals surface area contributed by atoms with Crippen LogP contribution in [0.3, 0.4) is 0 Å². The Morgan fingerprint density at radius 1 is 1.09 bits per heavy atom. The summed E-state index contributed by atoms with van der Waals surface area (Å²) in [6, 6.07) is 8.62. The van der Waals surface area contributed by atoms with Gasteiger partial charge in [0.1, 0.15) is 11.3 Å². The first-order valence-corrected chi connectivity index (χ1v) is 12.6. The molecule has 2 fully saturated rings. The van der Waals surface area contributed by atoms with E-state index in [1.165, 1.54) is 6.07 Å². The van der Waals surface area contributed by atoms with Gasteiger partial charge in [0.15, 0.2) is 0 Å². The zero-order valence-corrected chi connectivity index (χ0v) is 20.2. The van der Waals surface area contributed by atoms with E-state index in [9.17, 15) is 18.3 Å². The first kappa shape index (κ1) is 24.9. The summed E-state index contributed by atoms with van der Waals surface area (Å²) in [7, 11) is 0. The third kappa shape index (κ3) is 5.37. The number of ether oxygens (including phenoxy) is 1. The average molecular weight is 476 g/mol. The van der Waals surface area contributed by atoms with Crippen molar-refractivity contribution in [2.24, 2.45) is 11.8 Å². The molecule has 1 saturated carbocycles. The molecule has 0 aromatic heterocycles. The molecule has 1 aliphatic heterocycles. The molecule has 1 heterocycles. The standard InChI is InChI=1S/C28H36F3NO2/c1-4-20-5-10-24(11-6-20)34-26-12-9-22-7-8-23(17-25(22)27(26)28(29,30)31)18(2)32-15-13-21(14-16-32)19(3)33/h7-9,12,17-18,20-21,24,33H,3-6,10-11,13-16H2,1-2H3. The Kier molecular flexibility index (Phi) is 7.46. The summed E-state index contributed by atoms with van der Waals surface area (Å²) < 4.78 is 49.0. The van der Waals surface area contributed by atoms with Gasteiger partial charge in [-0.2, -0.15) is 13.2 Å². The Hall–Kier alpha value is -2.21. The molecule has 1 atom stereocenters. The third-order valence-corrected chi connectivity index (χ3v) is 7.99. The Balaban J connectivity index is 1.61. The van der Waals surface area contributed by atoms with Gasteiger partial charge >= 0.3 is 6.18 Å². The molecule has 34 heavy (non-hydrogen) atoms. The molecule has 0 radical (unpaired) electrons. The number of benzene rings is 2. The second-order valence-corrected chi connectivity index (χ2v) is 10.1. The van der Waals surface area contributed by atoms with E-state index in [1.807, 2.05) is 13.0 Å². The Morgan fingerprint density at radius 2 is 1.74 bits per heavy atom. The van der Waals surface area contributed by atoms with E-state index in [2.05, 4.69) is 18.4 Å². The molecule has 4 rings (SSSR count). The van der Waals surface area contributed by atoms with Crippen LogP contribution in [0.15, 0.2) is 42.7 Å². The number of likely N-dealkylation sites (tertiary alicyclic amines) is 1. The highest BCUT2D eigenvalue weighted by atomic mass is 19.4. The Morgan fingerprint density at radius 3 is 2.32 bits per heavy atom. The van der Waals surface area contributed by atoms with Crippen molar-refractivity contribution >= 4 is 10.8 Å². The molecule has 186 valence electrons. The Labute approximate surface area is 200 Å². The van der Waals surface area contributed by atoms with Crippen molar-refractivity contribution in [3.05, 3.63) is 53.8 Å². The van der Waals surface area contributed by atoms with Crippen molar-refractivity contribution in [1.29, 1.82) is 0 Å². The molecule has 0 amide bonds. The van der Waals surface area contributed by atoms with Gasteiger partial charge in [-0.05, 0) is 92.9 Å². The van der Waals surface area contributed by atoms with Crippen LogP contribution in [-0.4, -0.2) is 29.2 Å². The largest absolute Gasteiger partial charge is 0.513 e. The summed E-state index contributed by atoms with van der Waals surface area (Å²) in [6.45, 7) is 9.41. The van der Waals surface area contributed by atoms with Crippen LogP contribution in [0.5, 0.6) is 5.75 Å². The predicted octanol–water partition coefficient (Wildman–Crippen LogP) is 8.05. The molecule has 1 unspecified atom stereocenters. The molecule has 2 aromatic carbocycles. The van der Waals surface area contributed by atoms with E-state index < -0.39 is 11.7 Å². The van der Waals surface area contributed by atoms with E-state index in [-0.39, 0.29) is 35.0 Å². The van der Waals surface area contributed by atoms with Gasteiger partial charge in [-0.25, -0.2) is 0 Å². The van der Waals surface area contributed by atoms with Gasteiger partial charge in [0.25, 0.3) is 0 Å². The highest BCUT2D eigenvalue weighted by Crippen LogP contribution is 2.43. The van der Waals surface area contributed by atoms with Gasteiger partial charge in [0, 0.05) is 12.0 Å². The molecule has 0 bridgehead atoms. The number of hydrogen-bond donors (Lipinski definition) is 1. The third-order valence-electron chi connectivity index (χ3n) is 7.99. The van der Waals surface area contributed by atoms with Crippen LogP contribution >= 0.6 is 0 Å². The summed E-state index contributed by atoms with van der Waals surface area (Å²) in [5.74, 6) is 0.933. The molecular formula is C28H36F3NO2. The number of alkyl halides is 3. The minimum Gasteiger partial charge on any atom is -0.513 e. The zero-order valence-electron chi connectivity index (χ0n) is 20.2. The second-order valence-electron chi connectivity index (χ2n) is 10.1. The molecule has 1 N–H and O–H groups in total. The normalized spacial score (nSPS) is 23.7. The number of hydrogen-bond acceptors (Lipinski definition) is 3. The van der Waals surface area contributed by atoms with Crippen molar-refractivity contribution in [1.82, 2.24) is 4.90 Å². The van der Waals surface area contributed by atoms with Crippen LogP contribution in [-0.2, 0) is 6.18 Å². The van der Waals surface area contributed by atoms with Crippen molar-refractivity contribution < 1.29 is 23.0 Å². The summed E-state index contributed by atoms with van der Waals surface area (Å²) in [6.07, 6.45) is 1.70. The van der Waals surface area contributed by atoms with E-state index >= 15 is 0 Å². The molecule has 6 heteroatoms. The number of fused-ring (bicyclic) bond motifs is 1. The molecule has 1 aliphatic carbocycles. The molecular weight excluding hydrogens is 439 g/mol. The van der Waals surface area contributed by atoms with E-state index in [1.54, 1.807) is 18.2 Å². The molecule has 2 aromatic rings. The molecule has 3 nitrogen and oxygen atoms in total. The smallest absolute Gasteiger partial charge is 0.420 e. The van der Waals surface area contributed by atoms with Crippen LogP contribution in [0.4, 0.5) is 13.2 Å². The number of aliphatic hydroxyl groups is 1. The minimum absolute atomic E-state index is 0.0210. The van der Waals surface area contributed by atoms with Crippen LogP contribution in [0.25, 0.3) is 10.8 Å². The van der Waals surface area contributed by atoms with Crippen LogP contribution < -0.4 is 4.74 Å². The van der Waals surface area contributed by atoms with Gasteiger partial charge in [-0.15, -0.1) is 0 Å². The lowest BCUT2D eigenvalue weighted by Gasteiger charge is -2.36. The first-order valence-electron chi connectivity index (χ1n) is 12.6. The maximum Gasteiger partial charge on any atom is 0.420 e. The van der Waals surface area contributed by atoms with Crippen molar-refractivity contribution in [2.45, 2.75) is 77.1 Å². The van der Waals surface area contributed by atoms with Gasteiger partial charge < -0.3 is 9.84 Å². The van der Waals surface area contributed by atoms with Crippen molar-refractivity contribution in [3.8, 4) is 5.75 Å². The fraction of sp³-hybridized carbons (Fsp3) is 0.571. The maximum atomic E-state index is 14.3. The lowest BCUT2D eigenvalue weighted by atomic mass is 9.86. The summed E-state index contributed by atoms with van der Waals surface area (Å²) in [5.41, 5.74) is 0.201. The highest BCUT2D eigenvalue weighted by molar-refractivity contribution is 5.89. The van der Waals surface area contributed by atoms with E-state index in [4.69, 9.17) is 4.74 Å². The zero-order chi connectivity index (χ0) is 24.5. The monoisotopic (exact) mass is 475 g/mol. The number of piperidine rings is 1. The average Bonchev–Trinajstić information content (AvgIpc) is 2.82. The minimum atomic E-state index is -4.50. The summed E-state index contributed by atoms with van der Waals surface area (Å²) in [4.78, 5) is 2.26. The van der Waals surface area contributed by atoms with Gasteiger partial charge in [-0.1, -0.05) is 38.1 Å². The van der Waals surface area contributed by atoms with Crippen molar-refractivity contribution in [2.75, 3.05) is 13.1 Å². The lowest BCUT2D eigenvalue weighted by molar-refractivity contribution is -0.138. The lowest BCUT2D eigenvalue weighted by Crippen LogP contribution is -2.36. The first-order chi connectivity index (χ1) is 16.2. The number of rotatable bonds is 6. The van der Waals surface area contributed by atoms with Gasteiger partial charge in [0.05, 0.1) is 11.9 Å². The number of nitrogens with zero attached hydrogens (tertiary/aromatic N) is 1. The van der Waals surface area contributed by atoms with E-state index in [0.29, 0.717) is 11.3 Å². The number of aliphatic hydroxyl groups excluding tert-OH is 1. The number of halogens is 3. The van der Waals surface area contributed by atoms with Crippen molar-refractivity contribution in [3.63, 3.8) is 0 Å². The fourth-order valence-electron chi connectivity index (χ4n) is 5.64. The maximum absolute atomic E-state index is 14.3. The van der Waals surface area contributed by atoms with Crippen LogP contribution in [0.1, 0.15) is 76.0 Å². The molecule has 2 aliphatic rings. The topological polar surface area (TPSA) is 32.7 Å². The molecule has 1 saturated heterocycles. The fourth-order valence-corrected chi connectivity index (χ4v) is 5.64. The van der Waals surface area contributed by atoms with Gasteiger partial charge in [0.2, 0.25) is 0 Å². The summed E-state index contributed by atoms with van der Waals surface area (Å²) in [5, 5.41) is 10.5. The quantitative estimate of drug-likeness (QED) is 0.429. The second kappa shape index (κ2) is 10.2. The van der Waals surface area contributed by atoms with Crippen LogP contribution in [0.2, 0.25) is 0 Å². The van der Waals surface area contributed by atoms with Gasteiger partial charge in [-0.3, -0.25) is 4.90 Å². The SMILES string of the molecule is C=C(O)C1CCN(C(C)c2ccc3ccc(OC4CCC(CC)CC4)c(C(F)(F)F)c3c2)CC1. The molecule has 0 spiro atoms. The van der Waals surface area contributed by atoms with E-state index in [0.717, 1.165) is 63.6 Å².